The molecule has 2 amide bonds. The maximum Gasteiger partial charge on any atom is 0.274 e. The average molecular weight is 489 g/mol. The van der Waals surface area contributed by atoms with E-state index < -0.39 is 0 Å². The van der Waals surface area contributed by atoms with E-state index in [2.05, 4.69) is 16.4 Å². The van der Waals surface area contributed by atoms with Crippen LogP contribution in [0, 0.1) is 12.8 Å². The van der Waals surface area contributed by atoms with Gasteiger partial charge in [0.15, 0.2) is 5.69 Å². The summed E-state index contributed by atoms with van der Waals surface area (Å²) in [6.45, 7) is 4.59. The van der Waals surface area contributed by atoms with Crippen LogP contribution in [-0.4, -0.2) is 46.5 Å². The van der Waals surface area contributed by atoms with E-state index in [1.54, 1.807) is 13.4 Å². The third-order valence-corrected chi connectivity index (χ3v) is 7.12. The van der Waals surface area contributed by atoms with Crippen LogP contribution in [-0.2, 0) is 29.2 Å². The van der Waals surface area contributed by atoms with Crippen LogP contribution in [0.2, 0.25) is 0 Å². The second kappa shape index (κ2) is 10.5. The van der Waals surface area contributed by atoms with E-state index >= 15 is 0 Å². The standard InChI is InChI=1S/C28H32N4O4/c1-19-4-3-5-20(14-19)15-29-27(33)22-10-12-31(13-11-22)28(34)26-24-17-36-25(16-32(24)18-30-26)21-6-8-23(35-2)9-7-21/h3-9,14,18,22,25H,10-13,15-17H2,1-2H3,(H,29,33). The minimum Gasteiger partial charge on any atom is -0.497 e. The number of likely N-dealkylation sites (tertiary alicyclic amines) is 1. The molecule has 0 bridgehead atoms. The quantitative estimate of drug-likeness (QED) is 0.573. The number of rotatable bonds is 6. The molecular formula is C28H32N4O4. The third-order valence-electron chi connectivity index (χ3n) is 7.12. The molecular weight excluding hydrogens is 456 g/mol. The number of nitrogens with zero attached hydrogens (tertiary/aromatic N) is 3. The van der Waals surface area contributed by atoms with Crippen LogP contribution in [0.3, 0.4) is 0 Å². The van der Waals surface area contributed by atoms with Gasteiger partial charge in [-0.2, -0.15) is 0 Å². The molecule has 8 nitrogen and oxygen atoms in total. The predicted molar refractivity (Wildman–Crippen MR) is 134 cm³/mol. The molecule has 1 unspecified atom stereocenters. The van der Waals surface area contributed by atoms with E-state index in [0.717, 1.165) is 22.6 Å². The molecule has 0 spiro atoms. The highest BCUT2D eigenvalue weighted by molar-refractivity contribution is 5.93. The summed E-state index contributed by atoms with van der Waals surface area (Å²) in [4.78, 5) is 32.2. The van der Waals surface area contributed by atoms with Gasteiger partial charge in [0.2, 0.25) is 5.91 Å². The van der Waals surface area contributed by atoms with Crippen LogP contribution in [0.5, 0.6) is 5.75 Å². The van der Waals surface area contributed by atoms with Gasteiger partial charge in [0, 0.05) is 25.6 Å². The number of hydrogen-bond donors (Lipinski definition) is 1. The molecule has 188 valence electrons. The van der Waals surface area contributed by atoms with Gasteiger partial charge in [-0.05, 0) is 43.0 Å². The largest absolute Gasteiger partial charge is 0.497 e. The van der Waals surface area contributed by atoms with Crippen molar-refractivity contribution in [2.75, 3.05) is 20.2 Å². The number of aromatic nitrogens is 2. The van der Waals surface area contributed by atoms with Crippen molar-refractivity contribution in [3.05, 3.63) is 82.9 Å². The molecule has 5 rings (SSSR count). The molecule has 2 aliphatic rings. The van der Waals surface area contributed by atoms with E-state index in [1.807, 2.05) is 58.9 Å². The molecule has 1 atom stereocenters. The van der Waals surface area contributed by atoms with E-state index in [1.165, 1.54) is 5.56 Å². The van der Waals surface area contributed by atoms with Crippen LogP contribution >= 0.6 is 0 Å². The molecule has 3 heterocycles. The van der Waals surface area contributed by atoms with Crippen LogP contribution in [0.25, 0.3) is 0 Å². The highest BCUT2D eigenvalue weighted by Gasteiger charge is 2.32. The Hall–Kier alpha value is -3.65. The molecule has 0 radical (unpaired) electrons. The van der Waals surface area contributed by atoms with E-state index in [9.17, 15) is 9.59 Å². The van der Waals surface area contributed by atoms with Crippen molar-refractivity contribution in [2.24, 2.45) is 5.92 Å². The number of fused-ring (bicyclic) bond motifs is 1. The highest BCUT2D eigenvalue weighted by Crippen LogP contribution is 2.30. The number of nitrogens with one attached hydrogen (secondary N) is 1. The minimum absolute atomic E-state index is 0.0564. The number of hydrogen-bond acceptors (Lipinski definition) is 5. The van der Waals surface area contributed by atoms with Crippen molar-refractivity contribution in [1.29, 1.82) is 0 Å². The lowest BCUT2D eigenvalue weighted by molar-refractivity contribution is -0.126. The summed E-state index contributed by atoms with van der Waals surface area (Å²) in [7, 11) is 1.65. The Balaban J connectivity index is 1.15. The number of carbonyl (C=O) groups excluding carboxylic acids is 2. The first-order chi connectivity index (χ1) is 17.5. The van der Waals surface area contributed by atoms with Gasteiger partial charge < -0.3 is 24.3 Å². The van der Waals surface area contributed by atoms with Gasteiger partial charge in [-0.25, -0.2) is 4.98 Å². The number of ether oxygens (including phenoxy) is 2. The number of benzene rings is 2. The van der Waals surface area contributed by atoms with Gasteiger partial charge in [-0.15, -0.1) is 0 Å². The lowest BCUT2D eigenvalue weighted by atomic mass is 9.95. The molecule has 36 heavy (non-hydrogen) atoms. The van der Waals surface area contributed by atoms with Gasteiger partial charge in [-0.1, -0.05) is 42.0 Å². The number of aryl methyl sites for hydroxylation is 1. The minimum atomic E-state index is -0.102. The molecule has 8 heteroatoms. The molecule has 1 fully saturated rings. The summed E-state index contributed by atoms with van der Waals surface area (Å²) in [5.41, 5.74) is 4.59. The zero-order chi connectivity index (χ0) is 25.1. The summed E-state index contributed by atoms with van der Waals surface area (Å²) in [6.07, 6.45) is 2.93. The normalized spacial score (nSPS) is 17.9. The van der Waals surface area contributed by atoms with Gasteiger partial charge >= 0.3 is 0 Å². The SMILES string of the molecule is COc1ccc(C2Cn3cnc(C(=O)N4CCC(C(=O)NCc5cccc(C)c5)CC4)c3CO2)cc1. The van der Waals surface area contributed by atoms with Gasteiger partial charge in [0.1, 0.15) is 11.9 Å². The molecule has 2 aromatic carbocycles. The average Bonchev–Trinajstić information content (AvgIpc) is 3.35. The van der Waals surface area contributed by atoms with Crippen molar-refractivity contribution in [3.8, 4) is 5.75 Å². The van der Waals surface area contributed by atoms with E-state index in [0.29, 0.717) is 51.3 Å². The lowest BCUT2D eigenvalue weighted by Crippen LogP contribution is -2.43. The second-order valence-corrected chi connectivity index (χ2v) is 9.54. The summed E-state index contributed by atoms with van der Waals surface area (Å²) in [5.74, 6) is 0.691. The third kappa shape index (κ3) is 5.14. The first-order valence-corrected chi connectivity index (χ1v) is 12.4. The Bertz CT molecular complexity index is 1230. The van der Waals surface area contributed by atoms with Crippen molar-refractivity contribution in [3.63, 3.8) is 0 Å². The van der Waals surface area contributed by atoms with Gasteiger partial charge in [-0.3, -0.25) is 9.59 Å². The maximum atomic E-state index is 13.3. The Morgan fingerprint density at radius 2 is 1.92 bits per heavy atom. The molecule has 1 aromatic heterocycles. The van der Waals surface area contributed by atoms with Crippen molar-refractivity contribution >= 4 is 11.8 Å². The van der Waals surface area contributed by atoms with Gasteiger partial charge in [0.25, 0.3) is 5.91 Å². The molecule has 1 N–H and O–H groups in total. The van der Waals surface area contributed by atoms with Crippen molar-refractivity contribution in [1.82, 2.24) is 19.8 Å². The zero-order valence-electron chi connectivity index (χ0n) is 20.8. The van der Waals surface area contributed by atoms with Crippen LogP contribution < -0.4 is 10.1 Å². The fourth-order valence-electron chi connectivity index (χ4n) is 4.98. The summed E-state index contributed by atoms with van der Waals surface area (Å²) in [6, 6.07) is 16.0. The zero-order valence-corrected chi connectivity index (χ0v) is 20.8. The number of imidazole rings is 1. The lowest BCUT2D eigenvalue weighted by Gasteiger charge is -2.31. The monoisotopic (exact) mass is 488 g/mol. The smallest absolute Gasteiger partial charge is 0.274 e. The Morgan fingerprint density at radius 3 is 2.64 bits per heavy atom. The fraction of sp³-hybridized carbons (Fsp3) is 0.393. The highest BCUT2D eigenvalue weighted by atomic mass is 16.5. The number of amides is 2. The Labute approximate surface area is 211 Å². The second-order valence-electron chi connectivity index (χ2n) is 9.54. The van der Waals surface area contributed by atoms with Crippen LogP contribution in [0.1, 0.15) is 51.8 Å². The first-order valence-electron chi connectivity index (χ1n) is 12.4. The molecule has 0 aliphatic carbocycles. The molecule has 2 aliphatic heterocycles. The summed E-state index contributed by atoms with van der Waals surface area (Å²) in [5, 5.41) is 3.05. The van der Waals surface area contributed by atoms with E-state index in [4.69, 9.17) is 9.47 Å². The van der Waals surface area contributed by atoms with Gasteiger partial charge in [0.05, 0.1) is 32.3 Å². The Morgan fingerprint density at radius 1 is 1.14 bits per heavy atom. The van der Waals surface area contributed by atoms with Crippen molar-refractivity contribution in [2.45, 2.75) is 45.6 Å². The topological polar surface area (TPSA) is 85.7 Å². The molecule has 1 saturated heterocycles. The van der Waals surface area contributed by atoms with Crippen LogP contribution in [0.15, 0.2) is 54.9 Å². The van der Waals surface area contributed by atoms with Crippen molar-refractivity contribution < 1.29 is 19.1 Å². The van der Waals surface area contributed by atoms with Crippen LogP contribution in [0.4, 0.5) is 0 Å². The Kier molecular flexibility index (Phi) is 7.04. The fourth-order valence-corrected chi connectivity index (χ4v) is 4.98. The van der Waals surface area contributed by atoms with E-state index in [-0.39, 0.29) is 23.8 Å². The molecule has 0 saturated carbocycles. The predicted octanol–water partition coefficient (Wildman–Crippen LogP) is 3.64. The maximum absolute atomic E-state index is 13.3. The number of piperidine rings is 1. The molecule has 3 aromatic rings. The summed E-state index contributed by atoms with van der Waals surface area (Å²) >= 11 is 0. The number of carbonyl (C=O) groups is 2. The number of methoxy groups -OCH3 is 1. The summed E-state index contributed by atoms with van der Waals surface area (Å²) < 4.78 is 13.3. The first kappa shape index (κ1) is 24.1.